The van der Waals surface area contributed by atoms with Crippen LogP contribution in [0.3, 0.4) is 0 Å². The first-order valence-electron chi connectivity index (χ1n) is 7.73. The highest BCUT2D eigenvalue weighted by Crippen LogP contribution is 2.34. The van der Waals surface area contributed by atoms with E-state index in [1.54, 1.807) is 0 Å². The minimum Gasteiger partial charge on any atom is -0.384 e. The van der Waals surface area contributed by atoms with Crippen LogP contribution in [-0.4, -0.2) is 22.7 Å². The Morgan fingerprint density at radius 3 is 2.70 bits per heavy atom. The maximum Gasteiger partial charge on any atom is 0.103 e. The van der Waals surface area contributed by atoms with E-state index in [9.17, 15) is 5.11 Å². The van der Waals surface area contributed by atoms with Gasteiger partial charge in [0, 0.05) is 11.8 Å². The van der Waals surface area contributed by atoms with E-state index in [-0.39, 0.29) is 0 Å². The van der Waals surface area contributed by atoms with E-state index in [1.165, 1.54) is 25.7 Å². The first-order valence-corrected chi connectivity index (χ1v) is 8.78. The fourth-order valence-corrected chi connectivity index (χ4v) is 4.62. The quantitative estimate of drug-likeness (QED) is 0.843. The zero-order valence-electron chi connectivity index (χ0n) is 12.4. The van der Waals surface area contributed by atoms with Crippen LogP contribution >= 0.6 is 11.8 Å². The second kappa shape index (κ2) is 7.48. The third-order valence-electron chi connectivity index (χ3n) is 4.41. The van der Waals surface area contributed by atoms with Crippen molar-refractivity contribution in [3.63, 3.8) is 0 Å². The molecule has 0 saturated heterocycles. The molecule has 1 aliphatic rings. The molecule has 20 heavy (non-hydrogen) atoms. The van der Waals surface area contributed by atoms with Crippen molar-refractivity contribution in [1.82, 2.24) is 0 Å². The number of thioether (sulfide) groups is 1. The third-order valence-corrected chi connectivity index (χ3v) is 5.75. The predicted octanol–water partition coefficient (Wildman–Crippen LogP) is 3.53. The fourth-order valence-electron chi connectivity index (χ4n) is 3.04. The molecular weight excluding hydrogens is 266 g/mol. The molecular formula is C17H27NOS. The maximum absolute atomic E-state index is 10.7. The van der Waals surface area contributed by atoms with Gasteiger partial charge in [-0.05, 0) is 36.5 Å². The van der Waals surface area contributed by atoms with Crippen LogP contribution in [0.15, 0.2) is 30.3 Å². The molecule has 1 aromatic rings. The molecule has 1 saturated carbocycles. The molecule has 2 rings (SSSR count). The van der Waals surface area contributed by atoms with Crippen LogP contribution in [0.4, 0.5) is 0 Å². The van der Waals surface area contributed by atoms with Gasteiger partial charge < -0.3 is 10.8 Å². The highest BCUT2D eigenvalue weighted by Gasteiger charge is 2.28. The second-order valence-corrected chi connectivity index (χ2v) is 7.52. The molecule has 3 heteroatoms. The Labute approximate surface area is 127 Å². The number of hydrogen-bond donors (Lipinski definition) is 2. The highest BCUT2D eigenvalue weighted by molar-refractivity contribution is 7.99. The molecule has 2 nitrogen and oxygen atoms in total. The van der Waals surface area contributed by atoms with Gasteiger partial charge in [0.25, 0.3) is 0 Å². The Hall–Kier alpha value is -0.510. The van der Waals surface area contributed by atoms with Crippen molar-refractivity contribution in [2.75, 3.05) is 12.3 Å². The molecule has 0 aromatic heterocycles. The Bertz CT molecular complexity index is 397. The van der Waals surface area contributed by atoms with Crippen LogP contribution in [0.5, 0.6) is 0 Å². The van der Waals surface area contributed by atoms with Crippen molar-refractivity contribution < 1.29 is 5.11 Å². The normalized spacial score (nSPS) is 26.1. The van der Waals surface area contributed by atoms with Crippen molar-refractivity contribution in [3.05, 3.63) is 35.9 Å². The average Bonchev–Trinajstić information content (AvgIpc) is 2.48. The summed E-state index contributed by atoms with van der Waals surface area (Å²) < 4.78 is 0. The van der Waals surface area contributed by atoms with E-state index >= 15 is 0 Å². The Kier molecular flexibility index (Phi) is 5.94. The van der Waals surface area contributed by atoms with E-state index in [0.717, 1.165) is 28.9 Å². The number of rotatable bonds is 6. The number of hydrogen-bond acceptors (Lipinski definition) is 3. The van der Waals surface area contributed by atoms with E-state index in [2.05, 4.69) is 6.92 Å². The lowest BCUT2D eigenvalue weighted by Gasteiger charge is -2.30. The predicted molar refractivity (Wildman–Crippen MR) is 87.9 cm³/mol. The van der Waals surface area contributed by atoms with Crippen LogP contribution in [0.2, 0.25) is 0 Å². The van der Waals surface area contributed by atoms with Crippen molar-refractivity contribution in [2.45, 2.75) is 49.9 Å². The van der Waals surface area contributed by atoms with Crippen molar-refractivity contribution in [2.24, 2.45) is 11.7 Å². The van der Waals surface area contributed by atoms with Gasteiger partial charge in [0.1, 0.15) is 5.60 Å². The smallest absolute Gasteiger partial charge is 0.103 e. The van der Waals surface area contributed by atoms with Gasteiger partial charge in [0.2, 0.25) is 0 Å². The summed E-state index contributed by atoms with van der Waals surface area (Å²) in [5.74, 6) is 1.85. The fraction of sp³-hybridized carbons (Fsp3) is 0.647. The Morgan fingerprint density at radius 2 is 2.05 bits per heavy atom. The van der Waals surface area contributed by atoms with Gasteiger partial charge in [-0.25, -0.2) is 0 Å². The van der Waals surface area contributed by atoms with Crippen LogP contribution < -0.4 is 5.73 Å². The third kappa shape index (κ3) is 4.24. The van der Waals surface area contributed by atoms with E-state index in [0.29, 0.717) is 6.54 Å². The molecule has 0 radical (unpaired) electrons. The maximum atomic E-state index is 10.7. The zero-order valence-corrected chi connectivity index (χ0v) is 13.2. The van der Waals surface area contributed by atoms with E-state index in [1.807, 2.05) is 42.1 Å². The SMILES string of the molecule is CC1CCCC(SCCC(O)(CN)c2ccccc2)C1. The highest BCUT2D eigenvalue weighted by atomic mass is 32.2. The van der Waals surface area contributed by atoms with Gasteiger partial charge >= 0.3 is 0 Å². The van der Waals surface area contributed by atoms with Crippen LogP contribution in [0, 0.1) is 5.92 Å². The molecule has 0 spiro atoms. The lowest BCUT2D eigenvalue weighted by molar-refractivity contribution is 0.0431. The molecule has 1 aromatic carbocycles. The first-order chi connectivity index (χ1) is 9.64. The second-order valence-electron chi connectivity index (χ2n) is 6.12. The molecule has 1 fully saturated rings. The standard InChI is InChI=1S/C17H27NOS/c1-14-6-5-9-16(12-14)20-11-10-17(19,13-18)15-7-3-2-4-8-15/h2-4,7-8,14,16,19H,5-6,9-13,18H2,1H3. The molecule has 0 bridgehead atoms. The van der Waals surface area contributed by atoms with Gasteiger partial charge in [0.15, 0.2) is 0 Å². The van der Waals surface area contributed by atoms with Crippen LogP contribution in [0.25, 0.3) is 0 Å². The molecule has 112 valence electrons. The minimum absolute atomic E-state index is 0.290. The van der Waals surface area contributed by atoms with Crippen LogP contribution in [0.1, 0.15) is 44.6 Å². The average molecular weight is 293 g/mol. The van der Waals surface area contributed by atoms with Crippen LogP contribution in [-0.2, 0) is 5.60 Å². The summed E-state index contributed by atoms with van der Waals surface area (Å²) in [5.41, 5.74) is 5.90. The van der Waals surface area contributed by atoms with Crippen molar-refractivity contribution in [3.8, 4) is 0 Å². The lowest BCUT2D eigenvalue weighted by Crippen LogP contribution is -2.35. The number of nitrogens with two attached hydrogens (primary N) is 1. The lowest BCUT2D eigenvalue weighted by atomic mass is 9.90. The molecule has 0 amide bonds. The summed E-state index contributed by atoms with van der Waals surface area (Å²) in [5, 5.41) is 11.5. The summed E-state index contributed by atoms with van der Waals surface area (Å²) >= 11 is 2.02. The number of aliphatic hydroxyl groups is 1. The first kappa shape index (κ1) is 15.9. The monoisotopic (exact) mass is 293 g/mol. The van der Waals surface area contributed by atoms with Gasteiger partial charge in [-0.15, -0.1) is 0 Å². The summed E-state index contributed by atoms with van der Waals surface area (Å²) in [7, 11) is 0. The molecule has 1 aliphatic carbocycles. The topological polar surface area (TPSA) is 46.2 Å². The largest absolute Gasteiger partial charge is 0.384 e. The number of benzene rings is 1. The van der Waals surface area contributed by atoms with Gasteiger partial charge in [0.05, 0.1) is 0 Å². The Morgan fingerprint density at radius 1 is 1.30 bits per heavy atom. The van der Waals surface area contributed by atoms with Crippen molar-refractivity contribution in [1.29, 1.82) is 0 Å². The minimum atomic E-state index is -0.867. The van der Waals surface area contributed by atoms with Crippen molar-refractivity contribution >= 4 is 11.8 Å². The summed E-state index contributed by atoms with van der Waals surface area (Å²) in [6.45, 7) is 2.64. The molecule has 0 aliphatic heterocycles. The zero-order chi connectivity index (χ0) is 14.4. The summed E-state index contributed by atoms with van der Waals surface area (Å²) in [6.07, 6.45) is 6.15. The van der Waals surface area contributed by atoms with Gasteiger partial charge in [-0.3, -0.25) is 0 Å². The summed E-state index contributed by atoms with van der Waals surface area (Å²) in [6, 6.07) is 9.84. The van der Waals surface area contributed by atoms with E-state index < -0.39 is 5.60 Å². The van der Waals surface area contributed by atoms with E-state index in [4.69, 9.17) is 5.73 Å². The molecule has 3 atom stereocenters. The molecule has 3 unspecified atom stereocenters. The Balaban J connectivity index is 1.84. The van der Waals surface area contributed by atoms with Gasteiger partial charge in [-0.1, -0.05) is 50.1 Å². The van der Waals surface area contributed by atoms with Gasteiger partial charge in [-0.2, -0.15) is 11.8 Å². The molecule has 0 heterocycles. The molecule has 3 N–H and O–H groups in total. The summed E-state index contributed by atoms with van der Waals surface area (Å²) in [4.78, 5) is 0.